The van der Waals surface area contributed by atoms with Gasteiger partial charge in [-0.3, -0.25) is 19.3 Å². The second-order valence-electron chi connectivity index (χ2n) is 5.58. The van der Waals surface area contributed by atoms with Gasteiger partial charge in [0.25, 0.3) is 0 Å². The first-order valence-electron chi connectivity index (χ1n) is 7.69. The molecule has 0 bridgehead atoms. The lowest BCUT2D eigenvalue weighted by molar-refractivity contribution is -0.143. The summed E-state index contributed by atoms with van der Waals surface area (Å²) in [5.41, 5.74) is 2.07. The molecule has 0 atom stereocenters. The van der Waals surface area contributed by atoms with E-state index in [9.17, 15) is 19.2 Å². The van der Waals surface area contributed by atoms with E-state index < -0.39 is 24.4 Å². The first-order valence-corrected chi connectivity index (χ1v) is 7.69. The van der Waals surface area contributed by atoms with Crippen molar-refractivity contribution in [2.45, 2.75) is 27.3 Å². The molecule has 0 unspecified atom stereocenters. The topological polar surface area (TPSA) is 88.9 Å². The van der Waals surface area contributed by atoms with Crippen LogP contribution in [0.15, 0.2) is 6.07 Å². The van der Waals surface area contributed by atoms with Gasteiger partial charge in [0.2, 0.25) is 0 Å². The van der Waals surface area contributed by atoms with E-state index in [0.717, 1.165) is 16.3 Å². The molecule has 1 saturated heterocycles. The lowest BCUT2D eigenvalue weighted by atomic mass is 10.1. The summed E-state index contributed by atoms with van der Waals surface area (Å²) >= 11 is 0. The minimum Gasteiger partial charge on any atom is -0.383 e. The molecule has 1 fully saturated rings. The van der Waals surface area contributed by atoms with E-state index >= 15 is 0 Å². The molecule has 0 spiro atoms. The van der Waals surface area contributed by atoms with Crippen molar-refractivity contribution in [3.63, 3.8) is 0 Å². The fraction of sp³-hybridized carbons (Fsp3) is 0.500. The van der Waals surface area contributed by atoms with Crippen molar-refractivity contribution in [1.29, 1.82) is 0 Å². The Kier molecular flexibility index (Phi) is 5.18. The number of amides is 4. The predicted molar refractivity (Wildman–Crippen MR) is 84.6 cm³/mol. The lowest BCUT2D eigenvalue weighted by Crippen LogP contribution is -2.37. The van der Waals surface area contributed by atoms with Gasteiger partial charge in [-0.25, -0.2) is 9.69 Å². The zero-order valence-corrected chi connectivity index (χ0v) is 14.3. The van der Waals surface area contributed by atoms with Crippen molar-refractivity contribution < 1.29 is 23.9 Å². The highest BCUT2D eigenvalue weighted by Crippen LogP contribution is 2.18. The molecule has 1 aliphatic rings. The number of carbonyl (C=O) groups excluding carboxylic acids is 4. The Labute approximate surface area is 140 Å². The summed E-state index contributed by atoms with van der Waals surface area (Å²) in [6.07, 6.45) is 0. The Morgan fingerprint density at radius 1 is 1.12 bits per heavy atom. The molecule has 8 nitrogen and oxygen atoms in total. The zero-order valence-electron chi connectivity index (χ0n) is 14.3. The predicted octanol–water partition coefficient (Wildman–Crippen LogP) is 0.745. The Hall–Kier alpha value is -2.48. The molecule has 1 aromatic rings. The molecule has 0 radical (unpaired) electrons. The highest BCUT2D eigenvalue weighted by Gasteiger charge is 2.44. The maximum atomic E-state index is 12.5. The van der Waals surface area contributed by atoms with Crippen molar-refractivity contribution >= 4 is 23.6 Å². The normalized spacial score (nSPS) is 14.9. The van der Waals surface area contributed by atoms with Gasteiger partial charge in [0, 0.05) is 37.2 Å². The molecule has 0 N–H and O–H groups in total. The number of imide groups is 2. The van der Waals surface area contributed by atoms with Crippen molar-refractivity contribution in [1.82, 2.24) is 14.4 Å². The molecular weight excluding hydrogens is 314 g/mol. The van der Waals surface area contributed by atoms with Crippen LogP contribution >= 0.6 is 0 Å². The van der Waals surface area contributed by atoms with Crippen LogP contribution in [0.25, 0.3) is 0 Å². The number of nitrogens with zero attached hydrogens (tertiary/aromatic N) is 3. The molecule has 24 heavy (non-hydrogen) atoms. The number of urea groups is 1. The Balaban J connectivity index is 2.20. The summed E-state index contributed by atoms with van der Waals surface area (Å²) in [5, 5.41) is 0. The smallest absolute Gasteiger partial charge is 0.334 e. The molecular formula is C16H21N3O5. The van der Waals surface area contributed by atoms with Gasteiger partial charge in [0.15, 0.2) is 5.78 Å². The number of methoxy groups -OCH3 is 1. The molecule has 1 aliphatic heterocycles. The van der Waals surface area contributed by atoms with Crippen LogP contribution in [-0.4, -0.2) is 64.8 Å². The van der Waals surface area contributed by atoms with E-state index in [2.05, 4.69) is 0 Å². The minimum absolute atomic E-state index is 0.0969. The lowest BCUT2D eigenvalue weighted by Gasteiger charge is -2.13. The number of hydrogen-bond acceptors (Lipinski definition) is 5. The molecule has 0 saturated carbocycles. The molecule has 4 amide bonds. The number of hydrogen-bond donors (Lipinski definition) is 0. The maximum absolute atomic E-state index is 12.5. The van der Waals surface area contributed by atoms with Crippen LogP contribution in [-0.2, 0) is 20.9 Å². The van der Waals surface area contributed by atoms with E-state index in [1.54, 1.807) is 27.0 Å². The number of ether oxygens (including phenoxy) is 1. The second-order valence-corrected chi connectivity index (χ2v) is 5.58. The SMILES string of the molecule is CCN1C(=O)C(=O)N(CC(=O)c2cc(C)n(CCOC)c2C)C1=O. The van der Waals surface area contributed by atoms with E-state index in [0.29, 0.717) is 23.6 Å². The van der Waals surface area contributed by atoms with E-state index in [1.807, 2.05) is 11.5 Å². The third kappa shape index (κ3) is 2.96. The monoisotopic (exact) mass is 335 g/mol. The van der Waals surface area contributed by atoms with Crippen LogP contribution in [0, 0.1) is 13.8 Å². The standard InChI is InChI=1S/C16H21N3O5/c1-5-17-14(21)15(22)19(16(17)23)9-13(20)12-8-10(2)18(11(12)3)6-7-24-4/h8H,5-7,9H2,1-4H3. The van der Waals surface area contributed by atoms with Crippen LogP contribution in [0.4, 0.5) is 4.79 Å². The first-order chi connectivity index (χ1) is 11.3. The van der Waals surface area contributed by atoms with Crippen molar-refractivity contribution in [3.8, 4) is 0 Å². The Morgan fingerprint density at radius 3 is 2.29 bits per heavy atom. The van der Waals surface area contributed by atoms with Gasteiger partial charge in [0.05, 0.1) is 13.2 Å². The van der Waals surface area contributed by atoms with Gasteiger partial charge in [0.1, 0.15) is 0 Å². The van der Waals surface area contributed by atoms with Crippen molar-refractivity contribution in [3.05, 3.63) is 23.0 Å². The summed E-state index contributed by atoms with van der Waals surface area (Å²) < 4.78 is 6.99. The summed E-state index contributed by atoms with van der Waals surface area (Å²) in [7, 11) is 1.60. The zero-order chi connectivity index (χ0) is 18.0. The fourth-order valence-corrected chi connectivity index (χ4v) is 2.81. The van der Waals surface area contributed by atoms with Gasteiger partial charge in [-0.15, -0.1) is 0 Å². The molecule has 130 valence electrons. The van der Waals surface area contributed by atoms with Gasteiger partial charge < -0.3 is 9.30 Å². The molecule has 1 aromatic heterocycles. The number of aromatic nitrogens is 1. The molecule has 0 aliphatic carbocycles. The van der Waals surface area contributed by atoms with E-state index in [1.165, 1.54) is 0 Å². The number of ketones is 1. The molecule has 2 heterocycles. The Morgan fingerprint density at radius 2 is 1.75 bits per heavy atom. The number of carbonyl (C=O) groups is 4. The number of aryl methyl sites for hydroxylation is 1. The van der Waals surface area contributed by atoms with Gasteiger partial charge in [-0.2, -0.15) is 0 Å². The fourth-order valence-electron chi connectivity index (χ4n) is 2.81. The third-order valence-corrected chi connectivity index (χ3v) is 4.15. The average molecular weight is 335 g/mol. The largest absolute Gasteiger partial charge is 0.383 e. The highest BCUT2D eigenvalue weighted by molar-refractivity contribution is 6.45. The molecule has 8 heteroatoms. The summed E-state index contributed by atoms with van der Waals surface area (Å²) in [4.78, 5) is 49.7. The van der Waals surface area contributed by atoms with Gasteiger partial charge in [-0.1, -0.05) is 0 Å². The molecule has 2 rings (SSSR count). The average Bonchev–Trinajstić information content (AvgIpc) is 2.94. The van der Waals surface area contributed by atoms with Crippen LogP contribution in [0.5, 0.6) is 0 Å². The maximum Gasteiger partial charge on any atom is 0.334 e. The summed E-state index contributed by atoms with van der Waals surface area (Å²) in [6, 6.07) is 0.978. The quantitative estimate of drug-likeness (QED) is 0.417. The van der Waals surface area contributed by atoms with E-state index in [-0.39, 0.29) is 12.3 Å². The van der Waals surface area contributed by atoms with Gasteiger partial charge >= 0.3 is 17.8 Å². The Bertz CT molecular complexity index is 707. The summed E-state index contributed by atoms with van der Waals surface area (Å²) in [6.45, 7) is 6.03. The molecule has 0 aromatic carbocycles. The number of Topliss-reactive ketones (excluding diaryl/α,β-unsaturated/α-hetero) is 1. The van der Waals surface area contributed by atoms with Crippen LogP contribution in [0.2, 0.25) is 0 Å². The third-order valence-electron chi connectivity index (χ3n) is 4.15. The highest BCUT2D eigenvalue weighted by atomic mass is 16.5. The number of rotatable bonds is 7. The van der Waals surface area contributed by atoms with Crippen LogP contribution < -0.4 is 0 Å². The number of likely N-dealkylation sites (N-methyl/N-ethyl adjacent to an activating group) is 1. The van der Waals surface area contributed by atoms with Crippen LogP contribution in [0.3, 0.4) is 0 Å². The first kappa shape index (κ1) is 17.9. The van der Waals surface area contributed by atoms with Crippen molar-refractivity contribution in [2.24, 2.45) is 0 Å². The summed E-state index contributed by atoms with van der Waals surface area (Å²) in [5.74, 6) is -2.22. The van der Waals surface area contributed by atoms with E-state index in [4.69, 9.17) is 4.74 Å². The minimum atomic E-state index is -0.955. The van der Waals surface area contributed by atoms with Crippen LogP contribution in [0.1, 0.15) is 28.7 Å². The van der Waals surface area contributed by atoms with Gasteiger partial charge in [-0.05, 0) is 26.8 Å². The second kappa shape index (κ2) is 6.96. The van der Waals surface area contributed by atoms with Crippen molar-refractivity contribution in [2.75, 3.05) is 26.8 Å².